The number of hydrogen-bond acceptors (Lipinski definition) is 10. The van der Waals surface area contributed by atoms with Crippen molar-refractivity contribution in [2.75, 3.05) is 65.4 Å². The standard InChI is InChI=1S/C45H55N5O10S5/c1-36-6-16-41(17-7-36)61(51,52)46-26-28-47(62(53,54)42-18-8-37(2)9-19-42)30-32-49(64(57,58)44-22-12-39(4)13-23-44)34-35-50(65(59,60)45-24-14-40(5)15-25-45)33-31-48(29-27-46)63(55,56)43-20-10-38(3)11-21-43/h6-25H,26-35H2,1-5H3. The monoisotopic (exact) mass is 985 g/mol. The number of sulfonamides is 5. The third kappa shape index (κ3) is 11.6. The van der Waals surface area contributed by atoms with Crippen molar-refractivity contribution in [2.24, 2.45) is 0 Å². The van der Waals surface area contributed by atoms with E-state index in [1.54, 1.807) is 95.3 Å². The lowest BCUT2D eigenvalue weighted by Gasteiger charge is -2.30. The van der Waals surface area contributed by atoms with Gasteiger partial charge in [0.2, 0.25) is 50.1 Å². The molecule has 6 rings (SSSR count). The Hall–Kier alpha value is -4.35. The minimum atomic E-state index is -4.44. The molecule has 0 N–H and O–H groups in total. The molecular weight excluding hydrogens is 931 g/mol. The Morgan fingerprint density at radius 2 is 0.338 bits per heavy atom. The largest absolute Gasteiger partial charge is 0.243 e. The van der Waals surface area contributed by atoms with Gasteiger partial charge in [0.1, 0.15) is 0 Å². The van der Waals surface area contributed by atoms with Crippen LogP contribution in [-0.4, -0.2) is 129 Å². The fraction of sp³-hybridized carbons (Fsp3) is 0.333. The average molecular weight is 986 g/mol. The van der Waals surface area contributed by atoms with Gasteiger partial charge >= 0.3 is 0 Å². The highest BCUT2D eigenvalue weighted by molar-refractivity contribution is 7.90. The lowest BCUT2D eigenvalue weighted by molar-refractivity contribution is 0.307. The van der Waals surface area contributed by atoms with Gasteiger partial charge in [0.05, 0.1) is 24.5 Å². The number of hydrogen-bond donors (Lipinski definition) is 0. The molecule has 1 aliphatic rings. The van der Waals surface area contributed by atoms with Crippen molar-refractivity contribution in [1.29, 1.82) is 0 Å². The Morgan fingerprint density at radius 3 is 0.446 bits per heavy atom. The number of nitrogens with zero attached hydrogens (tertiary/aromatic N) is 5. The van der Waals surface area contributed by atoms with Crippen LogP contribution in [0.1, 0.15) is 27.8 Å². The van der Waals surface area contributed by atoms with E-state index >= 15 is 0 Å². The molecule has 0 aliphatic carbocycles. The molecule has 0 unspecified atom stereocenters. The van der Waals surface area contributed by atoms with E-state index in [1.807, 2.05) is 0 Å². The van der Waals surface area contributed by atoms with Crippen LogP contribution in [0.4, 0.5) is 0 Å². The summed E-state index contributed by atoms with van der Waals surface area (Å²) >= 11 is 0. The first-order valence-corrected chi connectivity index (χ1v) is 28.1. The summed E-state index contributed by atoms with van der Waals surface area (Å²) in [7, 11) is -22.2. The Kier molecular flexibility index (Phi) is 15.6. The highest BCUT2D eigenvalue weighted by Crippen LogP contribution is 2.25. The van der Waals surface area contributed by atoms with E-state index in [2.05, 4.69) is 0 Å². The van der Waals surface area contributed by atoms with E-state index in [-0.39, 0.29) is 24.5 Å². The first-order chi connectivity index (χ1) is 30.5. The van der Waals surface area contributed by atoms with Crippen LogP contribution in [-0.2, 0) is 50.1 Å². The topological polar surface area (TPSA) is 187 Å². The van der Waals surface area contributed by atoms with E-state index in [4.69, 9.17) is 0 Å². The molecule has 0 saturated carbocycles. The molecule has 0 bridgehead atoms. The van der Waals surface area contributed by atoms with Crippen LogP contribution in [0, 0.1) is 34.6 Å². The highest BCUT2D eigenvalue weighted by Gasteiger charge is 2.36. The van der Waals surface area contributed by atoms with Gasteiger partial charge in [0.15, 0.2) is 0 Å². The third-order valence-electron chi connectivity index (χ3n) is 11.3. The van der Waals surface area contributed by atoms with E-state index in [0.717, 1.165) is 49.3 Å². The molecule has 0 radical (unpaired) electrons. The van der Waals surface area contributed by atoms with Gasteiger partial charge in [-0.1, -0.05) is 88.5 Å². The smallest absolute Gasteiger partial charge is 0.207 e. The summed E-state index contributed by atoms with van der Waals surface area (Å²) < 4.78 is 151. The minimum Gasteiger partial charge on any atom is -0.207 e. The van der Waals surface area contributed by atoms with Crippen LogP contribution >= 0.6 is 0 Å². The molecular formula is C45H55N5O10S5. The van der Waals surface area contributed by atoms with Gasteiger partial charge in [0, 0.05) is 65.4 Å². The molecule has 1 saturated heterocycles. The van der Waals surface area contributed by atoms with Crippen LogP contribution in [0.3, 0.4) is 0 Å². The first kappa shape index (κ1) is 50.1. The van der Waals surface area contributed by atoms with Crippen LogP contribution in [0.2, 0.25) is 0 Å². The van der Waals surface area contributed by atoms with Gasteiger partial charge in [-0.15, -0.1) is 0 Å². The van der Waals surface area contributed by atoms with Crippen molar-refractivity contribution >= 4 is 50.1 Å². The summed E-state index contributed by atoms with van der Waals surface area (Å²) in [5.41, 5.74) is 3.90. The fourth-order valence-electron chi connectivity index (χ4n) is 7.17. The molecule has 5 aromatic rings. The molecule has 1 fully saturated rings. The lowest BCUT2D eigenvalue weighted by Crippen LogP contribution is -2.47. The van der Waals surface area contributed by atoms with Crippen molar-refractivity contribution in [3.05, 3.63) is 149 Å². The summed E-state index contributed by atoms with van der Waals surface area (Å²) in [5.74, 6) is 0. The van der Waals surface area contributed by atoms with Crippen LogP contribution < -0.4 is 0 Å². The van der Waals surface area contributed by atoms with E-state index in [9.17, 15) is 42.1 Å². The van der Waals surface area contributed by atoms with E-state index in [1.165, 1.54) is 60.7 Å². The van der Waals surface area contributed by atoms with Crippen molar-refractivity contribution in [3.8, 4) is 0 Å². The van der Waals surface area contributed by atoms with Gasteiger partial charge in [-0.3, -0.25) is 0 Å². The number of aryl methyl sites for hydroxylation is 5. The molecule has 350 valence electrons. The van der Waals surface area contributed by atoms with Crippen molar-refractivity contribution in [3.63, 3.8) is 0 Å². The second-order valence-electron chi connectivity index (χ2n) is 16.1. The second kappa shape index (κ2) is 20.3. The van der Waals surface area contributed by atoms with Gasteiger partial charge < -0.3 is 0 Å². The molecule has 5 aromatic carbocycles. The Bertz CT molecular complexity index is 2500. The maximum absolute atomic E-state index is 14.6. The predicted octanol–water partition coefficient (Wildman–Crippen LogP) is 5.00. The average Bonchev–Trinajstić information content (AvgIpc) is 3.26. The van der Waals surface area contributed by atoms with Crippen LogP contribution in [0.25, 0.3) is 0 Å². The number of benzene rings is 5. The van der Waals surface area contributed by atoms with Crippen molar-refractivity contribution < 1.29 is 42.1 Å². The summed E-state index contributed by atoms with van der Waals surface area (Å²) in [6, 6.07) is 30.1. The van der Waals surface area contributed by atoms with E-state index in [0.29, 0.717) is 0 Å². The molecule has 0 atom stereocenters. The molecule has 1 aliphatic heterocycles. The molecule has 65 heavy (non-hydrogen) atoms. The maximum Gasteiger partial charge on any atom is 0.243 e. The SMILES string of the molecule is Cc1ccc(S(=O)(=O)N2CCN(S(=O)(=O)c3ccc(C)cc3)CCN(S(=O)(=O)c3ccc(C)cc3)CCN(S(=O)(=O)c3ccc(C)cc3)CCN(S(=O)(=O)c3ccc(C)cc3)CC2)cc1. The highest BCUT2D eigenvalue weighted by atomic mass is 32.2. The third-order valence-corrected chi connectivity index (χ3v) is 20.9. The van der Waals surface area contributed by atoms with Gasteiger partial charge in [-0.25, -0.2) is 42.1 Å². The summed E-state index contributed by atoms with van der Waals surface area (Å²) in [6.45, 7) is 4.32. The molecule has 20 heteroatoms. The Morgan fingerprint density at radius 1 is 0.231 bits per heavy atom. The molecule has 0 aromatic heterocycles. The lowest BCUT2D eigenvalue weighted by atomic mass is 10.2. The quantitative estimate of drug-likeness (QED) is 0.185. The maximum atomic E-state index is 14.6. The van der Waals surface area contributed by atoms with E-state index < -0.39 is 116 Å². The van der Waals surface area contributed by atoms with Gasteiger partial charge in [0.25, 0.3) is 0 Å². The molecule has 15 nitrogen and oxygen atoms in total. The predicted molar refractivity (Wildman–Crippen MR) is 250 cm³/mol. The van der Waals surface area contributed by atoms with Crippen molar-refractivity contribution in [2.45, 2.75) is 59.1 Å². The first-order valence-electron chi connectivity index (χ1n) is 20.9. The Labute approximate surface area is 385 Å². The fourth-order valence-corrected chi connectivity index (χ4v) is 14.3. The Balaban J connectivity index is 1.53. The van der Waals surface area contributed by atoms with Crippen molar-refractivity contribution in [1.82, 2.24) is 21.5 Å². The zero-order chi connectivity index (χ0) is 47.4. The molecule has 0 amide bonds. The summed E-state index contributed by atoms with van der Waals surface area (Å²) in [6.07, 6.45) is 0. The normalized spacial score (nSPS) is 17.3. The molecule has 1 heterocycles. The minimum absolute atomic E-state index is 0.118. The van der Waals surface area contributed by atoms with Crippen LogP contribution in [0.15, 0.2) is 146 Å². The number of rotatable bonds is 10. The van der Waals surface area contributed by atoms with Crippen LogP contribution in [0.5, 0.6) is 0 Å². The summed E-state index contributed by atoms with van der Waals surface area (Å²) in [4.78, 5) is -0.590. The zero-order valence-electron chi connectivity index (χ0n) is 37.0. The van der Waals surface area contributed by atoms with Gasteiger partial charge in [-0.05, 0) is 95.3 Å². The zero-order valence-corrected chi connectivity index (χ0v) is 41.1. The van der Waals surface area contributed by atoms with Gasteiger partial charge in [-0.2, -0.15) is 21.5 Å². The second-order valence-corrected chi connectivity index (χ2v) is 25.8. The molecule has 0 spiro atoms. The summed E-state index contributed by atoms with van der Waals surface area (Å²) in [5, 5.41) is 0.